The molecule has 0 amide bonds. The summed E-state index contributed by atoms with van der Waals surface area (Å²) in [6, 6.07) is 59.0. The van der Waals surface area contributed by atoms with Crippen LogP contribution in [0.5, 0.6) is 0 Å². The molecule has 3 aliphatic heterocycles. The van der Waals surface area contributed by atoms with Gasteiger partial charge in [0.1, 0.15) is 22.3 Å². The molecule has 326 valence electrons. The second-order valence-corrected chi connectivity index (χ2v) is 21.3. The van der Waals surface area contributed by atoms with Gasteiger partial charge in [-0.2, -0.15) is 0 Å². The molecule has 2 aromatic heterocycles. The maximum absolute atomic E-state index is 6.66. The van der Waals surface area contributed by atoms with Crippen LogP contribution in [0.1, 0.15) is 77.0 Å². The largest absolute Gasteiger partial charge is 0.456 e. The molecule has 1 fully saturated rings. The van der Waals surface area contributed by atoms with E-state index >= 15 is 0 Å². The van der Waals surface area contributed by atoms with Crippen molar-refractivity contribution in [1.82, 2.24) is 0 Å². The highest BCUT2D eigenvalue weighted by Gasteiger charge is 2.58. The lowest BCUT2D eigenvalue weighted by Gasteiger charge is -2.50. The van der Waals surface area contributed by atoms with E-state index in [9.17, 15) is 0 Å². The number of hydrogen-bond acceptors (Lipinski definition) is 5. The van der Waals surface area contributed by atoms with Gasteiger partial charge < -0.3 is 23.5 Å². The summed E-state index contributed by atoms with van der Waals surface area (Å²) in [4.78, 5) is 7.89. The highest BCUT2D eigenvalue weighted by molar-refractivity contribution is 7.00. The van der Waals surface area contributed by atoms with E-state index in [2.05, 4.69) is 214 Å². The van der Waals surface area contributed by atoms with Crippen LogP contribution < -0.4 is 31.1 Å². The first-order valence-electron chi connectivity index (χ1n) is 24.3. The minimum absolute atomic E-state index is 0.0341. The zero-order valence-electron chi connectivity index (χ0n) is 39.1. The van der Waals surface area contributed by atoms with Crippen molar-refractivity contribution in [3.05, 3.63) is 174 Å². The van der Waals surface area contributed by atoms with Crippen LogP contribution in [0, 0.1) is 6.92 Å². The number of rotatable bonds is 3. The van der Waals surface area contributed by atoms with Crippen LogP contribution in [0.3, 0.4) is 0 Å². The zero-order valence-corrected chi connectivity index (χ0v) is 39.1. The number of furan rings is 2. The fraction of sp³-hybridized carbons (Fsp3) is 0.213. The van der Waals surface area contributed by atoms with Crippen molar-refractivity contribution >= 4 is 112 Å². The quantitative estimate of drug-likeness (QED) is 0.165. The van der Waals surface area contributed by atoms with E-state index < -0.39 is 0 Å². The van der Waals surface area contributed by atoms with Gasteiger partial charge in [0.15, 0.2) is 0 Å². The molecule has 0 radical (unpaired) electrons. The van der Waals surface area contributed by atoms with E-state index in [0.29, 0.717) is 0 Å². The van der Waals surface area contributed by atoms with Gasteiger partial charge in [0.05, 0.1) is 27.7 Å². The Hall–Kier alpha value is -7.18. The van der Waals surface area contributed by atoms with Crippen LogP contribution in [0.2, 0.25) is 0 Å². The van der Waals surface area contributed by atoms with Gasteiger partial charge in [-0.3, -0.25) is 0 Å². The van der Waals surface area contributed by atoms with Crippen molar-refractivity contribution in [2.75, 3.05) is 14.7 Å². The smallest absolute Gasteiger partial charge is 0.252 e. The molecule has 0 saturated heterocycles. The van der Waals surface area contributed by atoms with Gasteiger partial charge in [-0.1, -0.05) is 125 Å². The van der Waals surface area contributed by atoms with Gasteiger partial charge in [-0.25, -0.2) is 0 Å². The molecule has 6 heteroatoms. The number of para-hydroxylation sites is 3. The molecule has 14 rings (SSSR count). The van der Waals surface area contributed by atoms with E-state index in [1.54, 1.807) is 0 Å². The van der Waals surface area contributed by atoms with Gasteiger partial charge in [0.2, 0.25) is 0 Å². The molecule has 0 spiro atoms. The molecule has 8 aromatic carbocycles. The first-order chi connectivity index (χ1) is 32.5. The van der Waals surface area contributed by atoms with Crippen molar-refractivity contribution in [3.63, 3.8) is 0 Å². The normalized spacial score (nSPS) is 19.6. The maximum atomic E-state index is 6.66. The molecule has 2 atom stereocenters. The highest BCUT2D eigenvalue weighted by Crippen LogP contribution is 2.61. The summed E-state index contributed by atoms with van der Waals surface area (Å²) in [7, 11) is 0. The summed E-state index contributed by atoms with van der Waals surface area (Å²) in [6.07, 6.45) is 4.82. The van der Waals surface area contributed by atoms with Gasteiger partial charge >= 0.3 is 0 Å². The maximum Gasteiger partial charge on any atom is 0.252 e. The van der Waals surface area contributed by atoms with Gasteiger partial charge in [-0.05, 0) is 138 Å². The molecule has 2 unspecified atom stereocenters. The van der Waals surface area contributed by atoms with Crippen LogP contribution in [-0.4, -0.2) is 12.3 Å². The Morgan fingerprint density at radius 3 is 1.69 bits per heavy atom. The van der Waals surface area contributed by atoms with E-state index in [1.807, 2.05) is 0 Å². The highest BCUT2D eigenvalue weighted by atomic mass is 16.3. The standard InChI is InChI=1S/C61H52BN3O2/c1-37-33-50-58-51(34-37)64(47-22-16-26-55-57(47)41-18-8-12-24-53(41)67-55)49-36-39(65-45-20-10-9-19-42(45)60(5)31-13-14-32-61(60,65)6)28-30-44(49)62(58)43-29-27-38(59(2,3)4)35-48(43)63(50)46-21-15-25-54-56(46)40-17-7-11-23-52(40)66-54/h7-12,15-30,33-36H,13-14,31-32H2,1-6H3. The topological polar surface area (TPSA) is 36.0 Å². The molecule has 4 aliphatic rings. The third-order valence-corrected chi connectivity index (χ3v) is 16.6. The number of nitrogens with zero attached hydrogens (tertiary/aromatic N) is 3. The molecular weight excluding hydrogens is 818 g/mol. The second-order valence-electron chi connectivity index (χ2n) is 21.3. The second kappa shape index (κ2) is 13.5. The Labute approximate surface area is 392 Å². The van der Waals surface area contributed by atoms with Crippen molar-refractivity contribution in [1.29, 1.82) is 0 Å². The SMILES string of the molecule is Cc1cc2c3c(c1)N(c1cccc4oc5ccccc5c14)c1cc(C(C)(C)C)ccc1B3c1ccc(N3c4ccccc4C4(C)CCCCC34C)cc1N2c1cccc2oc3ccccc3c12. The van der Waals surface area contributed by atoms with Crippen molar-refractivity contribution in [2.45, 2.75) is 83.6 Å². The summed E-state index contributed by atoms with van der Waals surface area (Å²) in [5.41, 5.74) is 21.0. The zero-order chi connectivity index (χ0) is 45.1. The Bertz CT molecular complexity index is 3740. The molecule has 0 N–H and O–H groups in total. The fourth-order valence-corrected chi connectivity index (χ4v) is 13.2. The van der Waals surface area contributed by atoms with Crippen molar-refractivity contribution in [2.24, 2.45) is 0 Å². The van der Waals surface area contributed by atoms with Crippen LogP contribution in [-0.2, 0) is 10.8 Å². The number of fused-ring (bicyclic) bond motifs is 13. The Kier molecular flexibility index (Phi) is 7.85. The van der Waals surface area contributed by atoms with Crippen molar-refractivity contribution < 1.29 is 8.83 Å². The van der Waals surface area contributed by atoms with Crippen LogP contribution >= 0.6 is 0 Å². The lowest BCUT2D eigenvalue weighted by molar-refractivity contribution is 0.195. The lowest BCUT2D eigenvalue weighted by atomic mass is 9.33. The van der Waals surface area contributed by atoms with Crippen LogP contribution in [0.4, 0.5) is 45.5 Å². The van der Waals surface area contributed by atoms with Crippen LogP contribution in [0.25, 0.3) is 43.9 Å². The molecule has 10 aromatic rings. The summed E-state index contributed by atoms with van der Waals surface area (Å²) in [5, 5.41) is 4.49. The fourth-order valence-electron chi connectivity index (χ4n) is 13.2. The van der Waals surface area contributed by atoms with E-state index in [0.717, 1.165) is 61.7 Å². The molecule has 1 aliphatic carbocycles. The minimum Gasteiger partial charge on any atom is -0.456 e. The molecule has 5 nitrogen and oxygen atoms in total. The molecule has 0 bridgehead atoms. The summed E-state index contributed by atoms with van der Waals surface area (Å²) >= 11 is 0. The van der Waals surface area contributed by atoms with Gasteiger partial charge in [0, 0.05) is 50.3 Å². The summed E-state index contributed by atoms with van der Waals surface area (Å²) in [6.45, 7) is 14.3. The Morgan fingerprint density at radius 2 is 1.04 bits per heavy atom. The number of aryl methyl sites for hydroxylation is 1. The number of anilines is 8. The minimum atomic E-state index is -0.0787. The van der Waals surface area contributed by atoms with Crippen molar-refractivity contribution in [3.8, 4) is 0 Å². The Balaban J connectivity index is 1.09. The van der Waals surface area contributed by atoms with Crippen LogP contribution in [0.15, 0.2) is 167 Å². The first-order valence-corrected chi connectivity index (χ1v) is 24.3. The number of benzene rings is 8. The molecule has 67 heavy (non-hydrogen) atoms. The van der Waals surface area contributed by atoms with E-state index in [1.165, 1.54) is 86.5 Å². The Morgan fingerprint density at radius 1 is 0.507 bits per heavy atom. The molecular formula is C61H52BN3O2. The van der Waals surface area contributed by atoms with E-state index in [4.69, 9.17) is 8.83 Å². The third kappa shape index (κ3) is 5.16. The van der Waals surface area contributed by atoms with Gasteiger partial charge in [0.25, 0.3) is 6.71 Å². The summed E-state index contributed by atoms with van der Waals surface area (Å²) < 4.78 is 13.3. The third-order valence-electron chi connectivity index (χ3n) is 16.6. The lowest BCUT2D eigenvalue weighted by Crippen LogP contribution is -2.61. The average Bonchev–Trinajstić information content (AvgIpc) is 3.97. The average molecular weight is 870 g/mol. The first kappa shape index (κ1) is 39.0. The molecule has 1 saturated carbocycles. The van der Waals surface area contributed by atoms with E-state index in [-0.39, 0.29) is 23.1 Å². The number of hydrogen-bond donors (Lipinski definition) is 0. The van der Waals surface area contributed by atoms with Gasteiger partial charge in [-0.15, -0.1) is 0 Å². The predicted molar refractivity (Wildman–Crippen MR) is 281 cm³/mol. The molecule has 5 heterocycles. The predicted octanol–water partition coefficient (Wildman–Crippen LogP) is 14.9. The monoisotopic (exact) mass is 869 g/mol. The summed E-state index contributed by atoms with van der Waals surface area (Å²) in [5.74, 6) is 0.